The monoisotopic (exact) mass is 286 g/mol. The maximum atomic E-state index is 11.9. The number of sulfone groups is 1. The van der Waals surface area contributed by atoms with Crippen LogP contribution in [0.3, 0.4) is 0 Å². The zero-order valence-corrected chi connectivity index (χ0v) is 11.6. The molecule has 3 fully saturated rings. The smallest absolute Gasteiger partial charge is 0.222 e. The number of hydrogen-bond acceptors (Lipinski definition) is 4. The van der Waals surface area contributed by atoms with E-state index in [9.17, 15) is 18.0 Å². The van der Waals surface area contributed by atoms with Crippen LogP contribution in [0.15, 0.2) is 0 Å². The zero-order valence-electron chi connectivity index (χ0n) is 10.7. The predicted molar refractivity (Wildman–Crippen MR) is 68.1 cm³/mol. The van der Waals surface area contributed by atoms with Crippen molar-refractivity contribution >= 4 is 21.7 Å². The first kappa shape index (κ1) is 12.9. The first-order valence-electron chi connectivity index (χ1n) is 6.77. The summed E-state index contributed by atoms with van der Waals surface area (Å²) in [6.07, 6.45) is 2.57. The fourth-order valence-corrected chi connectivity index (χ4v) is 5.43. The van der Waals surface area contributed by atoms with Crippen molar-refractivity contribution in [2.45, 2.75) is 37.8 Å². The highest BCUT2D eigenvalue weighted by atomic mass is 32.2. The lowest BCUT2D eigenvalue weighted by Crippen LogP contribution is -2.52. The molecule has 3 saturated heterocycles. The molecule has 106 valence electrons. The molecule has 7 heteroatoms. The van der Waals surface area contributed by atoms with Gasteiger partial charge in [-0.25, -0.2) is 8.42 Å². The van der Waals surface area contributed by atoms with Crippen molar-refractivity contribution in [1.29, 1.82) is 0 Å². The van der Waals surface area contributed by atoms with E-state index in [1.54, 1.807) is 9.80 Å². The third kappa shape index (κ3) is 2.24. The second-order valence-corrected chi connectivity index (χ2v) is 7.75. The molecule has 3 aliphatic heterocycles. The fourth-order valence-electron chi connectivity index (χ4n) is 3.45. The molecule has 3 rings (SSSR count). The Labute approximate surface area is 112 Å². The van der Waals surface area contributed by atoms with Gasteiger partial charge in [-0.3, -0.25) is 9.59 Å². The van der Waals surface area contributed by atoms with Gasteiger partial charge in [-0.05, 0) is 12.8 Å². The Balaban J connectivity index is 1.87. The van der Waals surface area contributed by atoms with Crippen molar-refractivity contribution in [3.63, 3.8) is 0 Å². The van der Waals surface area contributed by atoms with Crippen molar-refractivity contribution in [3.05, 3.63) is 0 Å². The Bertz CT molecular complexity index is 476. The largest absolute Gasteiger partial charge is 0.337 e. The lowest BCUT2D eigenvalue weighted by atomic mass is 10.1. The number of amides is 2. The van der Waals surface area contributed by atoms with E-state index in [1.807, 2.05) is 0 Å². The number of carbonyl (C=O) groups is 2. The molecular formula is C12H18N2O4S. The van der Waals surface area contributed by atoms with Crippen LogP contribution in [0.4, 0.5) is 0 Å². The van der Waals surface area contributed by atoms with E-state index in [1.165, 1.54) is 0 Å². The van der Waals surface area contributed by atoms with Gasteiger partial charge in [-0.1, -0.05) is 0 Å². The fraction of sp³-hybridized carbons (Fsp3) is 0.833. The molecule has 0 N–H and O–H groups in total. The maximum Gasteiger partial charge on any atom is 0.222 e. The van der Waals surface area contributed by atoms with E-state index in [2.05, 4.69) is 0 Å². The van der Waals surface area contributed by atoms with Gasteiger partial charge >= 0.3 is 0 Å². The predicted octanol–water partition coefficient (Wildman–Crippen LogP) is -0.603. The van der Waals surface area contributed by atoms with Crippen LogP contribution in [-0.2, 0) is 19.4 Å². The number of likely N-dealkylation sites (tertiary alicyclic amines) is 2. The second kappa shape index (κ2) is 4.47. The van der Waals surface area contributed by atoms with Gasteiger partial charge in [-0.15, -0.1) is 0 Å². The van der Waals surface area contributed by atoms with Gasteiger partial charge in [0.05, 0.1) is 23.6 Å². The molecule has 0 aromatic heterocycles. The highest BCUT2D eigenvalue weighted by Crippen LogP contribution is 2.29. The Morgan fingerprint density at radius 1 is 0.842 bits per heavy atom. The molecule has 2 atom stereocenters. The third-order valence-corrected chi connectivity index (χ3v) is 6.01. The van der Waals surface area contributed by atoms with E-state index in [0.717, 1.165) is 12.8 Å². The van der Waals surface area contributed by atoms with Crippen molar-refractivity contribution in [1.82, 2.24) is 9.80 Å². The van der Waals surface area contributed by atoms with Gasteiger partial charge < -0.3 is 9.80 Å². The van der Waals surface area contributed by atoms with Gasteiger partial charge in [0.1, 0.15) is 0 Å². The van der Waals surface area contributed by atoms with Gasteiger partial charge in [0.25, 0.3) is 0 Å². The van der Waals surface area contributed by atoms with Crippen LogP contribution in [0.25, 0.3) is 0 Å². The Morgan fingerprint density at radius 2 is 1.26 bits per heavy atom. The summed E-state index contributed by atoms with van der Waals surface area (Å²) in [5, 5.41) is 0. The number of nitrogens with zero attached hydrogens (tertiary/aromatic N) is 2. The van der Waals surface area contributed by atoms with Crippen molar-refractivity contribution in [2.24, 2.45) is 0 Å². The Kier molecular flexibility index (Phi) is 3.03. The van der Waals surface area contributed by atoms with Crippen LogP contribution in [0.2, 0.25) is 0 Å². The number of rotatable bonds is 2. The minimum Gasteiger partial charge on any atom is -0.337 e. The van der Waals surface area contributed by atoms with Crippen molar-refractivity contribution < 1.29 is 18.0 Å². The van der Waals surface area contributed by atoms with Gasteiger partial charge in [-0.2, -0.15) is 0 Å². The van der Waals surface area contributed by atoms with Crippen LogP contribution >= 0.6 is 0 Å². The number of hydrogen-bond donors (Lipinski definition) is 0. The average molecular weight is 286 g/mol. The third-order valence-electron chi connectivity index (χ3n) is 4.31. The van der Waals surface area contributed by atoms with Crippen LogP contribution in [0.1, 0.15) is 25.7 Å². The molecule has 0 aliphatic carbocycles. The molecule has 3 heterocycles. The lowest BCUT2D eigenvalue weighted by molar-refractivity contribution is -0.135. The highest BCUT2D eigenvalue weighted by Gasteiger charge is 2.48. The summed E-state index contributed by atoms with van der Waals surface area (Å²) >= 11 is 0. The summed E-state index contributed by atoms with van der Waals surface area (Å²) in [4.78, 5) is 27.0. The minimum atomic E-state index is -3.15. The molecule has 0 bridgehead atoms. The van der Waals surface area contributed by atoms with E-state index < -0.39 is 9.84 Å². The van der Waals surface area contributed by atoms with Crippen molar-refractivity contribution in [3.8, 4) is 0 Å². The molecule has 2 amide bonds. The van der Waals surface area contributed by atoms with Gasteiger partial charge in [0, 0.05) is 25.9 Å². The molecule has 6 nitrogen and oxygen atoms in total. The van der Waals surface area contributed by atoms with Gasteiger partial charge in [0.15, 0.2) is 9.84 Å². The van der Waals surface area contributed by atoms with Crippen LogP contribution in [0, 0.1) is 0 Å². The van der Waals surface area contributed by atoms with E-state index in [-0.39, 0.29) is 35.4 Å². The Hall–Kier alpha value is -1.11. The maximum absolute atomic E-state index is 11.9. The first-order valence-corrected chi connectivity index (χ1v) is 8.59. The van der Waals surface area contributed by atoms with E-state index >= 15 is 0 Å². The van der Waals surface area contributed by atoms with E-state index in [4.69, 9.17) is 0 Å². The highest BCUT2D eigenvalue weighted by molar-refractivity contribution is 7.91. The summed E-state index contributed by atoms with van der Waals surface area (Å²) in [6.45, 7) is 1.25. The number of carbonyl (C=O) groups excluding carboxylic acids is 2. The summed E-state index contributed by atoms with van der Waals surface area (Å²) in [7, 11) is -3.15. The summed E-state index contributed by atoms with van der Waals surface area (Å²) < 4.78 is 23.8. The van der Waals surface area contributed by atoms with Crippen LogP contribution < -0.4 is 0 Å². The normalized spacial score (nSPS) is 34.5. The average Bonchev–Trinajstić information content (AvgIpc) is 2.98. The molecule has 2 unspecified atom stereocenters. The van der Waals surface area contributed by atoms with Gasteiger partial charge in [0.2, 0.25) is 11.8 Å². The molecular weight excluding hydrogens is 268 g/mol. The summed E-state index contributed by atoms with van der Waals surface area (Å²) in [5.41, 5.74) is 0. The second-order valence-electron chi connectivity index (χ2n) is 5.59. The topological polar surface area (TPSA) is 74.8 Å². The molecule has 0 spiro atoms. The molecule has 0 saturated carbocycles. The Morgan fingerprint density at radius 3 is 1.58 bits per heavy atom. The van der Waals surface area contributed by atoms with Crippen molar-refractivity contribution in [2.75, 3.05) is 24.6 Å². The molecule has 0 aromatic rings. The van der Waals surface area contributed by atoms with Crippen LogP contribution in [-0.4, -0.2) is 66.7 Å². The quantitative estimate of drug-likeness (QED) is 0.679. The first-order chi connectivity index (χ1) is 8.98. The standard InChI is InChI=1S/C12H18N2O4S/c15-11-3-1-5-13(11)9-7-19(17,18)8-10(9)14-6-2-4-12(14)16/h9-10H,1-8H2. The molecule has 0 aromatic carbocycles. The van der Waals surface area contributed by atoms with Crippen LogP contribution in [0.5, 0.6) is 0 Å². The summed E-state index contributed by atoms with van der Waals surface area (Å²) in [6, 6.07) is -0.663. The minimum absolute atomic E-state index is 0.00713. The lowest BCUT2D eigenvalue weighted by Gasteiger charge is -2.33. The molecule has 3 aliphatic rings. The SMILES string of the molecule is O=C1CCCN1C1CS(=O)(=O)CC1N1CCCC1=O. The summed E-state index contributed by atoms with van der Waals surface area (Å²) in [5.74, 6) is 0.0675. The van der Waals surface area contributed by atoms with E-state index in [0.29, 0.717) is 25.9 Å². The molecule has 19 heavy (non-hydrogen) atoms. The zero-order chi connectivity index (χ0) is 13.6. The molecule has 0 radical (unpaired) electrons.